The van der Waals surface area contributed by atoms with Crippen molar-refractivity contribution in [2.45, 2.75) is 44.8 Å². The lowest BCUT2D eigenvalue weighted by molar-refractivity contribution is -0.125. The molecule has 0 aliphatic carbocycles. The molecule has 2 aliphatic rings. The summed E-state index contributed by atoms with van der Waals surface area (Å²) >= 11 is 0. The van der Waals surface area contributed by atoms with Gasteiger partial charge in [-0.05, 0) is 44.7 Å². The zero-order chi connectivity index (χ0) is 16.9. The predicted octanol–water partition coefficient (Wildman–Crippen LogP) is 2.29. The number of rotatable bonds is 4. The van der Waals surface area contributed by atoms with Crippen molar-refractivity contribution in [2.24, 2.45) is 0 Å². The largest absolute Gasteiger partial charge is 0.376 e. The van der Waals surface area contributed by atoms with Crippen LogP contribution in [0.15, 0.2) is 24.3 Å². The predicted molar refractivity (Wildman–Crippen MR) is 91.9 cm³/mol. The molecule has 3 rings (SSSR count). The van der Waals surface area contributed by atoms with Crippen molar-refractivity contribution in [1.82, 2.24) is 10.2 Å². The third kappa shape index (κ3) is 4.06. The van der Waals surface area contributed by atoms with E-state index in [0.717, 1.165) is 37.1 Å². The van der Waals surface area contributed by atoms with E-state index in [2.05, 4.69) is 10.6 Å². The number of amides is 3. The molecule has 0 unspecified atom stereocenters. The van der Waals surface area contributed by atoms with Gasteiger partial charge in [-0.3, -0.25) is 4.79 Å². The van der Waals surface area contributed by atoms with Crippen molar-refractivity contribution in [3.63, 3.8) is 0 Å². The average molecular weight is 331 g/mol. The number of carbonyl (C=O) groups excluding carboxylic acids is 2. The smallest absolute Gasteiger partial charge is 0.322 e. The van der Waals surface area contributed by atoms with Crippen LogP contribution in [-0.2, 0) is 9.53 Å². The summed E-state index contributed by atoms with van der Waals surface area (Å²) in [7, 11) is 0. The number of anilines is 1. The fraction of sp³-hybridized carbons (Fsp3) is 0.556. The molecule has 130 valence electrons. The Labute approximate surface area is 142 Å². The molecular weight excluding hydrogens is 306 g/mol. The molecular formula is C18H25N3O3. The average Bonchev–Trinajstić information content (AvgIpc) is 3.26. The summed E-state index contributed by atoms with van der Waals surface area (Å²) in [6, 6.07) is 7.04. The summed E-state index contributed by atoms with van der Waals surface area (Å²) in [5.74, 6) is -0.0814. The van der Waals surface area contributed by atoms with E-state index in [4.69, 9.17) is 4.74 Å². The second-order valence-electron chi connectivity index (χ2n) is 6.53. The molecule has 0 saturated carbocycles. The minimum atomic E-state index is -0.392. The van der Waals surface area contributed by atoms with Crippen LogP contribution in [0, 0.1) is 6.92 Å². The lowest BCUT2D eigenvalue weighted by Crippen LogP contribution is -2.48. The molecule has 1 aromatic rings. The van der Waals surface area contributed by atoms with Gasteiger partial charge in [0.2, 0.25) is 5.91 Å². The topological polar surface area (TPSA) is 70.7 Å². The van der Waals surface area contributed by atoms with E-state index in [1.54, 1.807) is 4.90 Å². The molecule has 0 radical (unpaired) electrons. The molecule has 2 fully saturated rings. The van der Waals surface area contributed by atoms with Crippen LogP contribution in [0.3, 0.4) is 0 Å². The first kappa shape index (κ1) is 16.8. The summed E-state index contributed by atoms with van der Waals surface area (Å²) in [6.45, 7) is 3.91. The van der Waals surface area contributed by atoms with Gasteiger partial charge in [0.25, 0.3) is 0 Å². The Balaban J connectivity index is 1.54. The van der Waals surface area contributed by atoms with Crippen molar-refractivity contribution < 1.29 is 14.3 Å². The number of carbonyl (C=O) groups is 2. The SMILES string of the molecule is Cc1ccc(NC(=O)N2CCC[C@H]2C(=O)NC[C@@H]2CCCO2)cc1. The van der Waals surface area contributed by atoms with Crippen LogP contribution >= 0.6 is 0 Å². The maximum absolute atomic E-state index is 12.5. The normalized spacial score (nSPS) is 23.3. The molecule has 2 atom stereocenters. The van der Waals surface area contributed by atoms with E-state index in [1.165, 1.54) is 0 Å². The lowest BCUT2D eigenvalue weighted by atomic mass is 10.2. The quantitative estimate of drug-likeness (QED) is 0.889. The summed E-state index contributed by atoms with van der Waals surface area (Å²) in [5, 5.41) is 5.81. The number of aryl methyl sites for hydroxylation is 1. The van der Waals surface area contributed by atoms with E-state index in [0.29, 0.717) is 19.5 Å². The van der Waals surface area contributed by atoms with E-state index < -0.39 is 6.04 Å². The molecule has 2 saturated heterocycles. The molecule has 2 heterocycles. The number of hydrogen-bond acceptors (Lipinski definition) is 3. The first-order valence-corrected chi connectivity index (χ1v) is 8.67. The van der Waals surface area contributed by atoms with Crippen LogP contribution in [-0.4, -0.2) is 48.7 Å². The van der Waals surface area contributed by atoms with Gasteiger partial charge in [-0.15, -0.1) is 0 Å². The second kappa shape index (κ2) is 7.66. The van der Waals surface area contributed by atoms with Crippen LogP contribution in [0.25, 0.3) is 0 Å². The maximum Gasteiger partial charge on any atom is 0.322 e. The minimum Gasteiger partial charge on any atom is -0.376 e. The van der Waals surface area contributed by atoms with Gasteiger partial charge >= 0.3 is 6.03 Å². The Hall–Kier alpha value is -2.08. The molecule has 24 heavy (non-hydrogen) atoms. The van der Waals surface area contributed by atoms with Gasteiger partial charge in [0, 0.05) is 25.4 Å². The van der Waals surface area contributed by atoms with Crippen LogP contribution < -0.4 is 10.6 Å². The highest BCUT2D eigenvalue weighted by Crippen LogP contribution is 2.20. The van der Waals surface area contributed by atoms with Crippen molar-refractivity contribution in [3.05, 3.63) is 29.8 Å². The standard InChI is InChI=1S/C18H25N3O3/c1-13-6-8-14(9-7-13)20-18(23)21-10-2-5-16(21)17(22)19-12-15-4-3-11-24-15/h6-9,15-16H,2-5,10-12H2,1H3,(H,19,22)(H,20,23)/t15-,16-/m0/s1. The summed E-state index contributed by atoms with van der Waals surface area (Å²) in [4.78, 5) is 26.5. The highest BCUT2D eigenvalue weighted by atomic mass is 16.5. The zero-order valence-corrected chi connectivity index (χ0v) is 14.1. The molecule has 2 N–H and O–H groups in total. The minimum absolute atomic E-state index is 0.0814. The Bertz CT molecular complexity index is 582. The molecule has 3 amide bonds. The summed E-state index contributed by atoms with van der Waals surface area (Å²) in [5.41, 5.74) is 1.89. The molecule has 1 aromatic carbocycles. The van der Waals surface area contributed by atoms with Gasteiger partial charge in [-0.1, -0.05) is 17.7 Å². The number of ether oxygens (including phenoxy) is 1. The number of likely N-dealkylation sites (tertiary alicyclic amines) is 1. The lowest BCUT2D eigenvalue weighted by Gasteiger charge is -2.24. The maximum atomic E-state index is 12.5. The Morgan fingerprint density at radius 2 is 2.00 bits per heavy atom. The Morgan fingerprint density at radius 1 is 1.21 bits per heavy atom. The highest BCUT2D eigenvalue weighted by molar-refractivity contribution is 5.94. The van der Waals surface area contributed by atoms with E-state index in [9.17, 15) is 9.59 Å². The summed E-state index contributed by atoms with van der Waals surface area (Å²) in [6.07, 6.45) is 3.71. The van der Waals surface area contributed by atoms with E-state index >= 15 is 0 Å². The Kier molecular flexibility index (Phi) is 5.35. The monoisotopic (exact) mass is 331 g/mol. The van der Waals surface area contributed by atoms with Gasteiger partial charge < -0.3 is 20.3 Å². The number of nitrogens with zero attached hydrogens (tertiary/aromatic N) is 1. The van der Waals surface area contributed by atoms with Crippen molar-refractivity contribution in [2.75, 3.05) is 25.0 Å². The molecule has 6 heteroatoms. The third-order valence-electron chi connectivity index (χ3n) is 4.65. The number of urea groups is 1. The highest BCUT2D eigenvalue weighted by Gasteiger charge is 2.34. The van der Waals surface area contributed by atoms with Crippen LogP contribution in [0.4, 0.5) is 10.5 Å². The number of hydrogen-bond donors (Lipinski definition) is 2. The first-order chi connectivity index (χ1) is 11.6. The van der Waals surface area contributed by atoms with Crippen LogP contribution in [0.2, 0.25) is 0 Å². The molecule has 2 aliphatic heterocycles. The van der Waals surface area contributed by atoms with Crippen molar-refractivity contribution in [1.29, 1.82) is 0 Å². The number of nitrogens with one attached hydrogen (secondary N) is 2. The van der Waals surface area contributed by atoms with Gasteiger partial charge in [0.15, 0.2) is 0 Å². The van der Waals surface area contributed by atoms with Gasteiger partial charge in [0.05, 0.1) is 6.10 Å². The van der Waals surface area contributed by atoms with Crippen molar-refractivity contribution >= 4 is 17.6 Å². The molecule has 0 bridgehead atoms. The van der Waals surface area contributed by atoms with Gasteiger partial charge in [-0.2, -0.15) is 0 Å². The van der Waals surface area contributed by atoms with Crippen molar-refractivity contribution in [3.8, 4) is 0 Å². The zero-order valence-electron chi connectivity index (χ0n) is 14.1. The molecule has 6 nitrogen and oxygen atoms in total. The van der Waals surface area contributed by atoms with Gasteiger partial charge in [-0.25, -0.2) is 4.79 Å². The fourth-order valence-electron chi connectivity index (χ4n) is 3.25. The Morgan fingerprint density at radius 3 is 2.71 bits per heavy atom. The molecule has 0 aromatic heterocycles. The number of benzene rings is 1. The fourth-order valence-corrected chi connectivity index (χ4v) is 3.25. The van der Waals surface area contributed by atoms with E-state index in [-0.39, 0.29) is 18.0 Å². The van der Waals surface area contributed by atoms with Gasteiger partial charge in [0.1, 0.15) is 6.04 Å². The van der Waals surface area contributed by atoms with Crippen LogP contribution in [0.1, 0.15) is 31.2 Å². The third-order valence-corrected chi connectivity index (χ3v) is 4.65. The van der Waals surface area contributed by atoms with Crippen LogP contribution in [0.5, 0.6) is 0 Å². The first-order valence-electron chi connectivity index (χ1n) is 8.67. The summed E-state index contributed by atoms with van der Waals surface area (Å²) < 4.78 is 5.52. The second-order valence-corrected chi connectivity index (χ2v) is 6.53. The van der Waals surface area contributed by atoms with E-state index in [1.807, 2.05) is 31.2 Å². The molecule has 0 spiro atoms.